The van der Waals surface area contributed by atoms with Crippen molar-refractivity contribution in [2.45, 2.75) is 0 Å². The van der Waals surface area contributed by atoms with E-state index in [2.05, 4.69) is 10.1 Å². The van der Waals surface area contributed by atoms with Crippen molar-refractivity contribution in [3.05, 3.63) is 23.3 Å². The van der Waals surface area contributed by atoms with Crippen LogP contribution in [0.5, 0.6) is 11.5 Å². The standard InChI is InChI=1S/C12H15NO5/c1-13-11(14)7-5-6-8(16-2)9(10(7)17-3)12(15)18-4/h5-6H,1-4H3,(H,13,14). The van der Waals surface area contributed by atoms with E-state index in [1.165, 1.54) is 40.5 Å². The predicted molar refractivity (Wildman–Crippen MR) is 64.3 cm³/mol. The first kappa shape index (κ1) is 13.8. The number of esters is 1. The van der Waals surface area contributed by atoms with Crippen molar-refractivity contribution in [3.8, 4) is 11.5 Å². The van der Waals surface area contributed by atoms with Gasteiger partial charge < -0.3 is 19.5 Å². The lowest BCUT2D eigenvalue weighted by molar-refractivity contribution is 0.0593. The highest BCUT2D eigenvalue weighted by Crippen LogP contribution is 2.32. The van der Waals surface area contributed by atoms with Gasteiger partial charge in [-0.2, -0.15) is 0 Å². The number of carbonyl (C=O) groups excluding carboxylic acids is 2. The molecule has 0 saturated carbocycles. The number of nitrogens with one attached hydrogen (secondary N) is 1. The average Bonchev–Trinajstić information content (AvgIpc) is 2.43. The van der Waals surface area contributed by atoms with Crippen LogP contribution in [0.3, 0.4) is 0 Å². The first-order valence-electron chi connectivity index (χ1n) is 5.16. The molecule has 0 heterocycles. The van der Waals surface area contributed by atoms with Crippen LogP contribution in [0.15, 0.2) is 12.1 Å². The number of ether oxygens (including phenoxy) is 3. The summed E-state index contributed by atoms with van der Waals surface area (Å²) in [4.78, 5) is 23.4. The highest BCUT2D eigenvalue weighted by atomic mass is 16.5. The maximum Gasteiger partial charge on any atom is 0.345 e. The molecule has 1 aromatic carbocycles. The van der Waals surface area contributed by atoms with Gasteiger partial charge in [0, 0.05) is 7.05 Å². The molecule has 0 fully saturated rings. The van der Waals surface area contributed by atoms with Crippen LogP contribution in [-0.4, -0.2) is 40.3 Å². The van der Waals surface area contributed by atoms with Gasteiger partial charge in [-0.1, -0.05) is 0 Å². The molecule has 0 aliphatic carbocycles. The molecule has 0 atom stereocenters. The fourth-order valence-electron chi connectivity index (χ4n) is 1.56. The molecular formula is C12H15NO5. The van der Waals surface area contributed by atoms with E-state index in [9.17, 15) is 9.59 Å². The second kappa shape index (κ2) is 5.90. The first-order chi connectivity index (χ1) is 8.60. The fourth-order valence-corrected chi connectivity index (χ4v) is 1.56. The lowest BCUT2D eigenvalue weighted by atomic mass is 10.1. The van der Waals surface area contributed by atoms with E-state index in [0.29, 0.717) is 0 Å². The molecular weight excluding hydrogens is 238 g/mol. The molecule has 1 amide bonds. The molecule has 1 aromatic rings. The molecule has 0 bridgehead atoms. The molecule has 98 valence electrons. The molecule has 6 heteroatoms. The largest absolute Gasteiger partial charge is 0.496 e. The Labute approximate surface area is 105 Å². The molecule has 0 saturated heterocycles. The summed E-state index contributed by atoms with van der Waals surface area (Å²) in [5, 5.41) is 2.47. The van der Waals surface area contributed by atoms with Crippen LogP contribution in [0.4, 0.5) is 0 Å². The van der Waals surface area contributed by atoms with Crippen LogP contribution >= 0.6 is 0 Å². The van der Waals surface area contributed by atoms with Crippen LogP contribution in [0.25, 0.3) is 0 Å². The van der Waals surface area contributed by atoms with Crippen LogP contribution in [-0.2, 0) is 4.74 Å². The summed E-state index contributed by atoms with van der Waals surface area (Å²) in [5.74, 6) is -0.582. The molecule has 0 spiro atoms. The van der Waals surface area contributed by atoms with E-state index < -0.39 is 5.97 Å². The van der Waals surface area contributed by atoms with Gasteiger partial charge in [-0.15, -0.1) is 0 Å². The molecule has 18 heavy (non-hydrogen) atoms. The summed E-state index contributed by atoms with van der Waals surface area (Å²) in [6, 6.07) is 3.03. The zero-order valence-corrected chi connectivity index (χ0v) is 10.7. The van der Waals surface area contributed by atoms with Crippen LogP contribution in [0.1, 0.15) is 20.7 Å². The van der Waals surface area contributed by atoms with Crippen molar-refractivity contribution in [1.29, 1.82) is 0 Å². The smallest absolute Gasteiger partial charge is 0.345 e. The van der Waals surface area contributed by atoms with E-state index in [1.54, 1.807) is 0 Å². The van der Waals surface area contributed by atoms with E-state index in [0.717, 1.165) is 0 Å². The van der Waals surface area contributed by atoms with Crippen molar-refractivity contribution in [1.82, 2.24) is 5.32 Å². The van der Waals surface area contributed by atoms with Gasteiger partial charge in [0.15, 0.2) is 0 Å². The Bertz CT molecular complexity index is 470. The topological polar surface area (TPSA) is 73.9 Å². The molecule has 0 aromatic heterocycles. The van der Waals surface area contributed by atoms with Crippen LogP contribution < -0.4 is 14.8 Å². The van der Waals surface area contributed by atoms with Gasteiger partial charge in [-0.05, 0) is 12.1 Å². The van der Waals surface area contributed by atoms with E-state index >= 15 is 0 Å². The number of benzene rings is 1. The summed E-state index contributed by atoms with van der Waals surface area (Å²) in [6.45, 7) is 0. The third-order valence-electron chi connectivity index (χ3n) is 2.40. The minimum atomic E-state index is -0.630. The molecule has 1 rings (SSSR count). The molecule has 6 nitrogen and oxygen atoms in total. The Hall–Kier alpha value is -2.24. The molecule has 1 N–H and O–H groups in total. The maximum absolute atomic E-state index is 11.7. The number of rotatable bonds is 4. The van der Waals surface area contributed by atoms with Crippen molar-refractivity contribution >= 4 is 11.9 Å². The minimum absolute atomic E-state index is 0.0867. The summed E-state index contributed by atoms with van der Waals surface area (Å²) in [6.07, 6.45) is 0. The lowest BCUT2D eigenvalue weighted by Crippen LogP contribution is -2.20. The number of hydrogen-bond donors (Lipinski definition) is 1. The van der Waals surface area contributed by atoms with Gasteiger partial charge in [-0.3, -0.25) is 4.79 Å². The zero-order chi connectivity index (χ0) is 13.7. The maximum atomic E-state index is 11.7. The van der Waals surface area contributed by atoms with Crippen molar-refractivity contribution < 1.29 is 23.8 Å². The summed E-state index contributed by atoms with van der Waals surface area (Å²) >= 11 is 0. The summed E-state index contributed by atoms with van der Waals surface area (Å²) < 4.78 is 14.8. The molecule has 0 radical (unpaired) electrons. The third kappa shape index (κ3) is 2.37. The summed E-state index contributed by atoms with van der Waals surface area (Å²) in [5.41, 5.74) is 0.324. The number of amides is 1. The van der Waals surface area contributed by atoms with Crippen molar-refractivity contribution in [2.75, 3.05) is 28.4 Å². The van der Waals surface area contributed by atoms with Crippen LogP contribution in [0.2, 0.25) is 0 Å². The second-order valence-corrected chi connectivity index (χ2v) is 3.29. The molecule has 0 aliphatic heterocycles. The fraction of sp³-hybridized carbons (Fsp3) is 0.333. The first-order valence-corrected chi connectivity index (χ1v) is 5.16. The summed E-state index contributed by atoms with van der Waals surface area (Å²) in [7, 11) is 5.52. The molecule has 0 unspecified atom stereocenters. The van der Waals surface area contributed by atoms with Crippen molar-refractivity contribution in [2.24, 2.45) is 0 Å². The number of carbonyl (C=O) groups is 2. The van der Waals surface area contributed by atoms with Gasteiger partial charge in [-0.25, -0.2) is 4.79 Å². The minimum Gasteiger partial charge on any atom is -0.496 e. The number of hydrogen-bond acceptors (Lipinski definition) is 5. The van der Waals surface area contributed by atoms with Crippen molar-refractivity contribution in [3.63, 3.8) is 0 Å². The Morgan fingerprint density at radius 1 is 1.11 bits per heavy atom. The highest BCUT2D eigenvalue weighted by molar-refractivity contribution is 6.04. The Morgan fingerprint density at radius 3 is 2.22 bits per heavy atom. The Kier molecular flexibility index (Phi) is 4.53. The Morgan fingerprint density at radius 2 is 1.78 bits per heavy atom. The SMILES string of the molecule is CNC(=O)c1ccc(OC)c(C(=O)OC)c1OC. The van der Waals surface area contributed by atoms with Crippen LogP contribution in [0, 0.1) is 0 Å². The van der Waals surface area contributed by atoms with Gasteiger partial charge in [0.1, 0.15) is 17.1 Å². The van der Waals surface area contributed by atoms with Gasteiger partial charge in [0.05, 0.1) is 26.9 Å². The second-order valence-electron chi connectivity index (χ2n) is 3.29. The quantitative estimate of drug-likeness (QED) is 0.805. The third-order valence-corrected chi connectivity index (χ3v) is 2.40. The predicted octanol–water partition coefficient (Wildman–Crippen LogP) is 0.850. The monoisotopic (exact) mass is 253 g/mol. The van der Waals surface area contributed by atoms with Gasteiger partial charge in [0.2, 0.25) is 0 Å². The molecule has 0 aliphatic rings. The van der Waals surface area contributed by atoms with Gasteiger partial charge >= 0.3 is 5.97 Å². The number of methoxy groups -OCH3 is 3. The lowest BCUT2D eigenvalue weighted by Gasteiger charge is -2.14. The van der Waals surface area contributed by atoms with Gasteiger partial charge in [0.25, 0.3) is 5.91 Å². The highest BCUT2D eigenvalue weighted by Gasteiger charge is 2.24. The normalized spacial score (nSPS) is 9.56. The van der Waals surface area contributed by atoms with E-state index in [-0.39, 0.29) is 28.5 Å². The zero-order valence-electron chi connectivity index (χ0n) is 10.7. The van der Waals surface area contributed by atoms with E-state index in [4.69, 9.17) is 9.47 Å². The van der Waals surface area contributed by atoms with E-state index in [1.807, 2.05) is 0 Å². The average molecular weight is 253 g/mol. The Balaban J connectivity index is 3.51.